The molecule has 2 heterocycles. The molecule has 0 saturated heterocycles. The summed E-state index contributed by atoms with van der Waals surface area (Å²) in [6.07, 6.45) is 6.30. The molecule has 2 aromatic heterocycles. The topological polar surface area (TPSA) is 66.7 Å². The predicted molar refractivity (Wildman–Crippen MR) is 60.6 cm³/mol. The summed E-state index contributed by atoms with van der Waals surface area (Å²) >= 11 is 0. The summed E-state index contributed by atoms with van der Waals surface area (Å²) in [5.74, 6) is 0. The van der Waals surface area contributed by atoms with E-state index < -0.39 is 0 Å². The molecule has 2 aromatic rings. The molecule has 1 fully saturated rings. The molecule has 15 heavy (non-hydrogen) atoms. The summed E-state index contributed by atoms with van der Waals surface area (Å²) in [5, 5.41) is 4.65. The van der Waals surface area contributed by atoms with Crippen molar-refractivity contribution in [3.8, 4) is 0 Å². The number of anilines is 1. The number of pyridine rings is 1. The third kappa shape index (κ3) is 1.47. The Morgan fingerprint density at radius 2 is 2.40 bits per heavy atom. The van der Waals surface area contributed by atoms with Crippen molar-refractivity contribution in [1.82, 2.24) is 9.97 Å². The Hall–Kier alpha value is -1.55. The minimum atomic E-state index is 0.547. The Labute approximate surface area is 87.9 Å². The van der Waals surface area contributed by atoms with E-state index in [1.54, 1.807) is 0 Å². The number of nitrogens with two attached hydrogens (primary N) is 1. The zero-order valence-electron chi connectivity index (χ0n) is 8.46. The summed E-state index contributed by atoms with van der Waals surface area (Å²) in [5.41, 5.74) is 8.90. The van der Waals surface area contributed by atoms with Gasteiger partial charge in [0.25, 0.3) is 0 Å². The van der Waals surface area contributed by atoms with Crippen molar-refractivity contribution >= 4 is 16.7 Å². The highest BCUT2D eigenvalue weighted by molar-refractivity contribution is 5.92. The first-order valence-corrected chi connectivity index (χ1v) is 5.30. The van der Waals surface area contributed by atoms with Gasteiger partial charge in [-0.15, -0.1) is 0 Å². The van der Waals surface area contributed by atoms with Crippen molar-refractivity contribution in [2.75, 3.05) is 5.32 Å². The molecule has 0 amide bonds. The SMILES string of the molecule is NCc1c[nH]c2nccc(NC3CC3)c12. The minimum Gasteiger partial charge on any atom is -0.382 e. The summed E-state index contributed by atoms with van der Waals surface area (Å²) < 4.78 is 0. The Morgan fingerprint density at radius 3 is 3.13 bits per heavy atom. The fourth-order valence-corrected chi connectivity index (χ4v) is 1.85. The van der Waals surface area contributed by atoms with E-state index in [0.717, 1.165) is 22.3 Å². The molecule has 78 valence electrons. The highest BCUT2D eigenvalue weighted by atomic mass is 15.0. The van der Waals surface area contributed by atoms with Gasteiger partial charge in [-0.2, -0.15) is 0 Å². The van der Waals surface area contributed by atoms with Crippen LogP contribution in [-0.2, 0) is 6.54 Å². The molecule has 0 radical (unpaired) electrons. The van der Waals surface area contributed by atoms with Crippen LogP contribution < -0.4 is 11.1 Å². The first-order valence-electron chi connectivity index (χ1n) is 5.30. The Kier molecular flexibility index (Phi) is 1.89. The quantitative estimate of drug-likeness (QED) is 0.708. The molecule has 3 rings (SSSR count). The van der Waals surface area contributed by atoms with Crippen molar-refractivity contribution in [2.24, 2.45) is 5.73 Å². The van der Waals surface area contributed by atoms with E-state index >= 15 is 0 Å². The number of hydrogen-bond donors (Lipinski definition) is 3. The van der Waals surface area contributed by atoms with Crippen molar-refractivity contribution < 1.29 is 0 Å². The van der Waals surface area contributed by atoms with E-state index in [-0.39, 0.29) is 0 Å². The standard InChI is InChI=1S/C11H14N4/c12-5-7-6-14-11-10(7)9(3-4-13-11)15-8-1-2-8/h3-4,6,8H,1-2,5,12H2,(H2,13,14,15). The van der Waals surface area contributed by atoms with Crippen molar-refractivity contribution in [3.05, 3.63) is 24.0 Å². The van der Waals surface area contributed by atoms with E-state index in [4.69, 9.17) is 5.73 Å². The molecule has 1 saturated carbocycles. The molecule has 4 heteroatoms. The molecule has 1 aliphatic carbocycles. The second-order valence-corrected chi connectivity index (χ2v) is 4.02. The maximum absolute atomic E-state index is 5.70. The van der Waals surface area contributed by atoms with E-state index in [0.29, 0.717) is 12.6 Å². The predicted octanol–water partition coefficient (Wildman–Crippen LogP) is 1.60. The monoisotopic (exact) mass is 202 g/mol. The number of aromatic amines is 1. The third-order valence-corrected chi connectivity index (χ3v) is 2.81. The van der Waals surface area contributed by atoms with Gasteiger partial charge in [0.2, 0.25) is 0 Å². The fraction of sp³-hybridized carbons (Fsp3) is 0.364. The van der Waals surface area contributed by atoms with Crippen LogP contribution in [0, 0.1) is 0 Å². The van der Waals surface area contributed by atoms with Crippen LogP contribution in [-0.4, -0.2) is 16.0 Å². The number of nitrogens with zero attached hydrogens (tertiary/aromatic N) is 1. The summed E-state index contributed by atoms with van der Waals surface area (Å²) in [4.78, 5) is 7.43. The van der Waals surface area contributed by atoms with Gasteiger partial charge in [-0.1, -0.05) is 0 Å². The Balaban J connectivity index is 2.12. The highest BCUT2D eigenvalue weighted by Gasteiger charge is 2.22. The zero-order chi connectivity index (χ0) is 10.3. The normalized spacial score (nSPS) is 15.8. The van der Waals surface area contributed by atoms with E-state index in [9.17, 15) is 0 Å². The average Bonchev–Trinajstić information content (AvgIpc) is 2.97. The second kappa shape index (κ2) is 3.24. The van der Waals surface area contributed by atoms with Gasteiger partial charge in [0, 0.05) is 36.1 Å². The first kappa shape index (κ1) is 8.73. The molecule has 0 spiro atoms. The smallest absolute Gasteiger partial charge is 0.139 e. The molecule has 0 unspecified atom stereocenters. The summed E-state index contributed by atoms with van der Waals surface area (Å²) in [7, 11) is 0. The van der Waals surface area contributed by atoms with E-state index in [1.807, 2.05) is 18.5 Å². The van der Waals surface area contributed by atoms with Crippen molar-refractivity contribution in [3.63, 3.8) is 0 Å². The lowest BCUT2D eigenvalue weighted by molar-refractivity contribution is 1.08. The molecule has 1 aliphatic rings. The van der Waals surface area contributed by atoms with Crippen LogP contribution in [0.1, 0.15) is 18.4 Å². The largest absolute Gasteiger partial charge is 0.382 e. The highest BCUT2D eigenvalue weighted by Crippen LogP contribution is 2.30. The van der Waals surface area contributed by atoms with Crippen LogP contribution in [0.3, 0.4) is 0 Å². The molecule has 4 N–H and O–H groups in total. The fourth-order valence-electron chi connectivity index (χ4n) is 1.85. The number of hydrogen-bond acceptors (Lipinski definition) is 3. The zero-order valence-corrected chi connectivity index (χ0v) is 8.46. The van der Waals surface area contributed by atoms with Gasteiger partial charge in [-0.3, -0.25) is 0 Å². The molecule has 0 aromatic carbocycles. The van der Waals surface area contributed by atoms with Gasteiger partial charge in [-0.05, 0) is 24.5 Å². The maximum Gasteiger partial charge on any atom is 0.139 e. The third-order valence-electron chi connectivity index (χ3n) is 2.81. The summed E-state index contributed by atoms with van der Waals surface area (Å²) in [6.45, 7) is 0.547. The van der Waals surface area contributed by atoms with Crippen LogP contribution >= 0.6 is 0 Å². The molecule has 0 bridgehead atoms. The lowest BCUT2D eigenvalue weighted by atomic mass is 10.2. The van der Waals surface area contributed by atoms with Gasteiger partial charge >= 0.3 is 0 Å². The van der Waals surface area contributed by atoms with Gasteiger partial charge < -0.3 is 16.0 Å². The number of H-pyrrole nitrogens is 1. The number of nitrogens with one attached hydrogen (secondary N) is 2. The second-order valence-electron chi connectivity index (χ2n) is 4.02. The number of rotatable bonds is 3. The Morgan fingerprint density at radius 1 is 1.53 bits per heavy atom. The van der Waals surface area contributed by atoms with Gasteiger partial charge in [-0.25, -0.2) is 4.98 Å². The van der Waals surface area contributed by atoms with Crippen molar-refractivity contribution in [1.29, 1.82) is 0 Å². The molecule has 0 atom stereocenters. The van der Waals surface area contributed by atoms with Gasteiger partial charge in [0.1, 0.15) is 5.65 Å². The van der Waals surface area contributed by atoms with Crippen LogP contribution in [0.4, 0.5) is 5.69 Å². The van der Waals surface area contributed by atoms with Crippen LogP contribution in [0.2, 0.25) is 0 Å². The van der Waals surface area contributed by atoms with E-state index in [2.05, 4.69) is 15.3 Å². The first-order chi connectivity index (χ1) is 7.38. The van der Waals surface area contributed by atoms with Crippen molar-refractivity contribution in [2.45, 2.75) is 25.4 Å². The molecule has 4 nitrogen and oxygen atoms in total. The lowest BCUT2D eigenvalue weighted by Gasteiger charge is -2.06. The molecule has 0 aliphatic heterocycles. The maximum atomic E-state index is 5.70. The molecular weight excluding hydrogens is 188 g/mol. The minimum absolute atomic E-state index is 0.547. The number of aromatic nitrogens is 2. The van der Waals surface area contributed by atoms with Gasteiger partial charge in [0.05, 0.1) is 0 Å². The Bertz CT molecular complexity index is 484. The summed E-state index contributed by atoms with van der Waals surface area (Å²) in [6, 6.07) is 2.67. The average molecular weight is 202 g/mol. The lowest BCUT2D eigenvalue weighted by Crippen LogP contribution is -2.03. The van der Waals surface area contributed by atoms with E-state index in [1.165, 1.54) is 12.8 Å². The van der Waals surface area contributed by atoms with Crippen LogP contribution in [0.5, 0.6) is 0 Å². The number of fused-ring (bicyclic) bond motifs is 1. The van der Waals surface area contributed by atoms with Crippen LogP contribution in [0.25, 0.3) is 11.0 Å². The molecular formula is C11H14N4. The van der Waals surface area contributed by atoms with Crippen LogP contribution in [0.15, 0.2) is 18.5 Å². The van der Waals surface area contributed by atoms with Gasteiger partial charge in [0.15, 0.2) is 0 Å².